The predicted octanol–water partition coefficient (Wildman–Crippen LogP) is 2.90. The highest BCUT2D eigenvalue weighted by molar-refractivity contribution is 9.10. The minimum absolute atomic E-state index is 0.156. The number of carboxylic acids is 1. The number of hydrogen-bond acceptors (Lipinski definition) is 6. The first-order chi connectivity index (χ1) is 14.7. The number of imide groups is 2. The number of rotatable bonds is 6. The SMILES string of the molecule is COc1cc(/C=C2/C(=O)NC(=O)N(c3cccc(C)c3)C2=O)cc(Br)c1OCC(=O)O. The maximum Gasteiger partial charge on any atom is 0.341 e. The number of aliphatic carboxylic acids is 1. The van der Waals surface area contributed by atoms with Crippen molar-refractivity contribution in [1.82, 2.24) is 5.32 Å². The summed E-state index contributed by atoms with van der Waals surface area (Å²) in [5, 5.41) is 11.0. The average molecular weight is 489 g/mol. The van der Waals surface area contributed by atoms with Crippen LogP contribution in [0.5, 0.6) is 11.5 Å². The molecule has 2 aromatic carbocycles. The molecule has 2 aromatic rings. The standard InChI is InChI=1S/C21H17BrN2O7/c1-11-4-3-5-13(6-11)24-20(28)14(19(27)23-21(24)29)7-12-8-15(22)18(16(9-12)30-2)31-10-17(25)26/h3-9H,10H2,1-2H3,(H,25,26)(H,23,27,29)/b14-7-. The molecular formula is C21H17BrN2O7. The topological polar surface area (TPSA) is 122 Å². The number of halogens is 1. The molecule has 0 spiro atoms. The molecule has 10 heteroatoms. The highest BCUT2D eigenvalue weighted by atomic mass is 79.9. The molecule has 1 fully saturated rings. The average Bonchev–Trinajstić information content (AvgIpc) is 2.69. The molecule has 1 aliphatic rings. The largest absolute Gasteiger partial charge is 0.493 e. The van der Waals surface area contributed by atoms with E-state index in [4.69, 9.17) is 14.6 Å². The molecule has 2 N–H and O–H groups in total. The summed E-state index contributed by atoms with van der Waals surface area (Å²) in [4.78, 5) is 49.3. The molecule has 1 aliphatic heterocycles. The summed E-state index contributed by atoms with van der Waals surface area (Å²) in [5.74, 6) is -2.42. The third-order valence-electron chi connectivity index (χ3n) is 4.26. The zero-order chi connectivity index (χ0) is 22.7. The third-order valence-corrected chi connectivity index (χ3v) is 4.85. The lowest BCUT2D eigenvalue weighted by Gasteiger charge is -2.26. The zero-order valence-electron chi connectivity index (χ0n) is 16.5. The van der Waals surface area contributed by atoms with Gasteiger partial charge in [-0.3, -0.25) is 14.9 Å². The van der Waals surface area contributed by atoms with Gasteiger partial charge in [0.15, 0.2) is 18.1 Å². The summed E-state index contributed by atoms with van der Waals surface area (Å²) in [6.07, 6.45) is 1.31. The molecule has 0 bridgehead atoms. The van der Waals surface area contributed by atoms with Crippen LogP contribution >= 0.6 is 15.9 Å². The second-order valence-corrected chi connectivity index (χ2v) is 7.37. The van der Waals surface area contributed by atoms with Crippen LogP contribution in [0.1, 0.15) is 11.1 Å². The van der Waals surface area contributed by atoms with Crippen LogP contribution in [-0.2, 0) is 14.4 Å². The smallest absolute Gasteiger partial charge is 0.341 e. The van der Waals surface area contributed by atoms with E-state index in [1.54, 1.807) is 18.2 Å². The van der Waals surface area contributed by atoms with Crippen molar-refractivity contribution < 1.29 is 33.8 Å². The normalized spacial score (nSPS) is 15.1. The van der Waals surface area contributed by atoms with Crippen LogP contribution in [0.2, 0.25) is 0 Å². The highest BCUT2D eigenvalue weighted by Crippen LogP contribution is 2.37. The molecule has 160 valence electrons. The molecule has 1 saturated heterocycles. The number of carbonyl (C=O) groups excluding carboxylic acids is 3. The summed E-state index contributed by atoms with van der Waals surface area (Å²) < 4.78 is 10.8. The number of nitrogens with zero attached hydrogens (tertiary/aromatic N) is 1. The molecule has 3 rings (SSSR count). The molecule has 1 heterocycles. The van der Waals surface area contributed by atoms with Crippen molar-refractivity contribution in [2.24, 2.45) is 0 Å². The minimum atomic E-state index is -1.16. The molecule has 0 saturated carbocycles. The molecule has 9 nitrogen and oxygen atoms in total. The summed E-state index contributed by atoms with van der Waals surface area (Å²) >= 11 is 3.27. The summed E-state index contributed by atoms with van der Waals surface area (Å²) in [5.41, 5.74) is 1.31. The number of carboxylic acid groups (broad SMARTS) is 1. The van der Waals surface area contributed by atoms with Crippen LogP contribution in [-0.4, -0.2) is 42.6 Å². The molecule has 0 atom stereocenters. The molecule has 0 aliphatic carbocycles. The molecule has 31 heavy (non-hydrogen) atoms. The molecule has 4 amide bonds. The van der Waals surface area contributed by atoms with Gasteiger partial charge in [-0.1, -0.05) is 12.1 Å². The number of barbiturate groups is 1. The predicted molar refractivity (Wildman–Crippen MR) is 114 cm³/mol. The number of aryl methyl sites for hydroxylation is 1. The number of amides is 4. The number of anilines is 1. The van der Waals surface area contributed by atoms with Crippen LogP contribution < -0.4 is 19.7 Å². The van der Waals surface area contributed by atoms with Gasteiger partial charge < -0.3 is 14.6 Å². The fourth-order valence-electron chi connectivity index (χ4n) is 2.92. The van der Waals surface area contributed by atoms with E-state index in [9.17, 15) is 19.2 Å². The monoisotopic (exact) mass is 488 g/mol. The Balaban J connectivity index is 2.00. The minimum Gasteiger partial charge on any atom is -0.493 e. The number of hydrogen-bond donors (Lipinski definition) is 2. The van der Waals surface area contributed by atoms with E-state index in [0.29, 0.717) is 15.7 Å². The van der Waals surface area contributed by atoms with Gasteiger partial charge >= 0.3 is 12.0 Å². The Bertz CT molecular complexity index is 1130. The fraction of sp³-hybridized carbons (Fsp3) is 0.143. The molecular weight excluding hydrogens is 472 g/mol. The summed E-state index contributed by atoms with van der Waals surface area (Å²) in [6.45, 7) is 1.24. The Kier molecular flexibility index (Phi) is 6.40. The van der Waals surface area contributed by atoms with Crippen molar-refractivity contribution in [2.75, 3.05) is 18.6 Å². The number of ether oxygens (including phenoxy) is 2. The van der Waals surface area contributed by atoms with Crippen LogP contribution in [0.4, 0.5) is 10.5 Å². The van der Waals surface area contributed by atoms with Crippen molar-refractivity contribution in [3.05, 3.63) is 57.6 Å². The lowest BCUT2D eigenvalue weighted by molar-refractivity contribution is -0.139. The lowest BCUT2D eigenvalue weighted by atomic mass is 10.1. The Hall–Kier alpha value is -3.66. The summed E-state index contributed by atoms with van der Waals surface area (Å²) in [6, 6.07) is 8.92. The van der Waals surface area contributed by atoms with E-state index in [1.165, 1.54) is 25.3 Å². The van der Waals surface area contributed by atoms with Crippen LogP contribution in [0, 0.1) is 6.92 Å². The fourth-order valence-corrected chi connectivity index (χ4v) is 3.50. The number of nitrogens with one attached hydrogen (secondary N) is 1. The number of carbonyl (C=O) groups is 4. The first kappa shape index (κ1) is 22.0. The zero-order valence-corrected chi connectivity index (χ0v) is 18.1. The van der Waals surface area contributed by atoms with Gasteiger partial charge in [0, 0.05) is 0 Å². The first-order valence-corrected chi connectivity index (χ1v) is 9.71. The molecule has 0 aromatic heterocycles. The van der Waals surface area contributed by atoms with Gasteiger partial charge in [-0.25, -0.2) is 14.5 Å². The van der Waals surface area contributed by atoms with Crippen LogP contribution in [0.3, 0.4) is 0 Å². The van der Waals surface area contributed by atoms with Gasteiger partial charge in [-0.2, -0.15) is 0 Å². The van der Waals surface area contributed by atoms with Crippen molar-refractivity contribution in [2.45, 2.75) is 6.92 Å². The summed E-state index contributed by atoms with van der Waals surface area (Å²) in [7, 11) is 1.36. The van der Waals surface area contributed by atoms with E-state index >= 15 is 0 Å². The van der Waals surface area contributed by atoms with E-state index in [0.717, 1.165) is 10.5 Å². The number of methoxy groups -OCH3 is 1. The van der Waals surface area contributed by atoms with Crippen LogP contribution in [0.15, 0.2) is 46.4 Å². The van der Waals surface area contributed by atoms with Gasteiger partial charge in [0.1, 0.15) is 5.57 Å². The van der Waals surface area contributed by atoms with E-state index in [2.05, 4.69) is 21.2 Å². The Morgan fingerprint density at radius 1 is 1.23 bits per heavy atom. The maximum absolute atomic E-state index is 13.0. The quantitative estimate of drug-likeness (QED) is 0.473. The maximum atomic E-state index is 13.0. The van der Waals surface area contributed by atoms with Gasteiger partial charge in [-0.05, 0) is 64.3 Å². The Morgan fingerprint density at radius 2 is 1.97 bits per heavy atom. The second-order valence-electron chi connectivity index (χ2n) is 6.51. The molecule has 0 unspecified atom stereocenters. The lowest BCUT2D eigenvalue weighted by Crippen LogP contribution is -2.54. The number of benzene rings is 2. The second kappa shape index (κ2) is 9.00. The van der Waals surface area contributed by atoms with Crippen molar-refractivity contribution in [3.8, 4) is 11.5 Å². The Labute approximate surface area is 185 Å². The van der Waals surface area contributed by atoms with E-state index in [1.807, 2.05) is 13.0 Å². The van der Waals surface area contributed by atoms with Crippen LogP contribution in [0.25, 0.3) is 6.08 Å². The van der Waals surface area contributed by atoms with Crippen molar-refractivity contribution >= 4 is 51.5 Å². The van der Waals surface area contributed by atoms with Crippen molar-refractivity contribution in [3.63, 3.8) is 0 Å². The third kappa shape index (κ3) is 4.75. The Morgan fingerprint density at radius 3 is 2.61 bits per heavy atom. The van der Waals surface area contributed by atoms with Gasteiger partial charge in [0.25, 0.3) is 11.8 Å². The van der Waals surface area contributed by atoms with Crippen molar-refractivity contribution in [1.29, 1.82) is 0 Å². The van der Waals surface area contributed by atoms with Gasteiger partial charge in [0.2, 0.25) is 0 Å². The van der Waals surface area contributed by atoms with Gasteiger partial charge in [0.05, 0.1) is 17.3 Å². The van der Waals surface area contributed by atoms with E-state index in [-0.39, 0.29) is 17.1 Å². The molecule has 0 radical (unpaired) electrons. The van der Waals surface area contributed by atoms with E-state index < -0.39 is 30.4 Å². The first-order valence-electron chi connectivity index (χ1n) is 8.91. The number of urea groups is 1. The van der Waals surface area contributed by atoms with Gasteiger partial charge in [-0.15, -0.1) is 0 Å². The highest BCUT2D eigenvalue weighted by Gasteiger charge is 2.36.